The van der Waals surface area contributed by atoms with E-state index in [4.69, 9.17) is 10.5 Å². The third-order valence-electron chi connectivity index (χ3n) is 3.49. The van der Waals surface area contributed by atoms with Crippen LogP contribution in [0.4, 0.5) is 0 Å². The van der Waals surface area contributed by atoms with Gasteiger partial charge >= 0.3 is 0 Å². The van der Waals surface area contributed by atoms with Gasteiger partial charge in [-0.05, 0) is 35.4 Å². The van der Waals surface area contributed by atoms with E-state index in [0.717, 1.165) is 12.0 Å². The second-order valence-electron chi connectivity index (χ2n) is 5.33. The lowest BCUT2D eigenvalue weighted by Crippen LogP contribution is -2.09. The van der Waals surface area contributed by atoms with Crippen molar-refractivity contribution in [3.8, 4) is 12.1 Å². The van der Waals surface area contributed by atoms with Crippen LogP contribution in [0.3, 0.4) is 0 Å². The molecule has 2 aromatic carbocycles. The van der Waals surface area contributed by atoms with E-state index < -0.39 is 0 Å². The molecule has 0 spiro atoms. The van der Waals surface area contributed by atoms with Crippen molar-refractivity contribution in [2.75, 3.05) is 0 Å². The van der Waals surface area contributed by atoms with Gasteiger partial charge in [0.2, 0.25) is 0 Å². The predicted octanol–water partition coefficient (Wildman–Crippen LogP) is 4.41. The number of hydrazone groups is 1. The molecule has 0 amide bonds. The lowest BCUT2D eigenvalue weighted by molar-refractivity contribution is 0.395. The molecule has 3 rings (SSSR count). The van der Waals surface area contributed by atoms with E-state index in [1.807, 2.05) is 24.3 Å². The van der Waals surface area contributed by atoms with Gasteiger partial charge in [0.05, 0.1) is 42.9 Å². The Morgan fingerprint density at radius 2 is 1.41 bits per heavy atom. The molecule has 0 fully saturated rings. The summed E-state index contributed by atoms with van der Waals surface area (Å²) in [5, 5.41) is 23.1. The SMILES string of the molecule is Br.N#Cc1ccc(CN2C=CN=CC=N2)cc1.[CH2+]Cc1ccc(C#N)cc1. The van der Waals surface area contributed by atoms with Crippen LogP contribution >= 0.6 is 17.0 Å². The molecule has 6 heteroatoms. The standard InChI is InChI=1S/C12H10N4.C9H8N.BrH/c13-9-11-1-3-12(4-2-11)10-16-8-7-14-5-6-15-16;1-2-8-3-5-9(7-10)6-4-8;/h1-8H,10H2;3-6H,1-2H2;1H/q;+1;. The predicted molar refractivity (Wildman–Crippen MR) is 113 cm³/mol. The fourth-order valence-electron chi connectivity index (χ4n) is 2.07. The summed E-state index contributed by atoms with van der Waals surface area (Å²) in [5.41, 5.74) is 3.64. The number of hydrogen-bond donors (Lipinski definition) is 0. The van der Waals surface area contributed by atoms with Crippen LogP contribution in [0, 0.1) is 29.6 Å². The smallest absolute Gasteiger partial charge is 0.110 e. The van der Waals surface area contributed by atoms with Gasteiger partial charge in [0.25, 0.3) is 0 Å². The first-order valence-corrected chi connectivity index (χ1v) is 8.01. The normalized spacial score (nSPS) is 11.3. The molecular formula is C21H19BrN5+. The summed E-state index contributed by atoms with van der Waals surface area (Å²) < 4.78 is 0. The Kier molecular flexibility index (Phi) is 9.70. The maximum absolute atomic E-state index is 8.68. The number of aliphatic imine (C=N–C) groups is 1. The van der Waals surface area contributed by atoms with Crippen LogP contribution in [-0.2, 0) is 13.0 Å². The molecule has 0 radical (unpaired) electrons. The van der Waals surface area contributed by atoms with Crippen LogP contribution in [0.25, 0.3) is 0 Å². The van der Waals surface area contributed by atoms with Gasteiger partial charge < -0.3 is 0 Å². The van der Waals surface area contributed by atoms with Gasteiger partial charge in [-0.2, -0.15) is 15.6 Å². The maximum atomic E-state index is 8.68. The molecule has 0 unspecified atom stereocenters. The molecule has 1 aliphatic heterocycles. The van der Waals surface area contributed by atoms with Crippen molar-refractivity contribution in [3.63, 3.8) is 0 Å². The van der Waals surface area contributed by atoms with Crippen molar-refractivity contribution in [1.82, 2.24) is 5.01 Å². The maximum Gasteiger partial charge on any atom is 0.110 e. The summed E-state index contributed by atoms with van der Waals surface area (Å²) in [6.45, 7) is 4.40. The molecule has 0 atom stereocenters. The van der Waals surface area contributed by atoms with E-state index in [1.165, 1.54) is 5.56 Å². The summed E-state index contributed by atoms with van der Waals surface area (Å²) >= 11 is 0. The highest BCUT2D eigenvalue weighted by Gasteiger charge is 2.00. The minimum absolute atomic E-state index is 0. The Balaban J connectivity index is 0.000000288. The van der Waals surface area contributed by atoms with Gasteiger partial charge in [0.15, 0.2) is 0 Å². The van der Waals surface area contributed by atoms with Crippen molar-refractivity contribution in [3.05, 3.63) is 90.1 Å². The molecule has 0 N–H and O–H groups in total. The first kappa shape index (κ1) is 21.7. The van der Waals surface area contributed by atoms with E-state index in [1.54, 1.807) is 54.1 Å². The largest absolute Gasteiger partial charge is 0.267 e. The molecule has 0 aliphatic carbocycles. The number of nitriles is 2. The van der Waals surface area contributed by atoms with Crippen LogP contribution in [0.2, 0.25) is 0 Å². The highest BCUT2D eigenvalue weighted by atomic mass is 79.9. The van der Waals surface area contributed by atoms with Crippen LogP contribution in [0.5, 0.6) is 0 Å². The Bertz CT molecular complexity index is 853. The van der Waals surface area contributed by atoms with E-state index in [2.05, 4.69) is 29.2 Å². The summed E-state index contributed by atoms with van der Waals surface area (Å²) in [7, 11) is 0. The molecule has 5 nitrogen and oxygen atoms in total. The van der Waals surface area contributed by atoms with Crippen molar-refractivity contribution in [2.45, 2.75) is 13.0 Å². The zero-order valence-corrected chi connectivity index (χ0v) is 16.4. The van der Waals surface area contributed by atoms with Gasteiger partial charge in [-0.1, -0.05) is 24.3 Å². The van der Waals surface area contributed by atoms with Gasteiger partial charge in [-0.25, -0.2) is 0 Å². The second kappa shape index (κ2) is 12.1. The Hall–Kier alpha value is -3.35. The molecule has 0 saturated heterocycles. The fourth-order valence-corrected chi connectivity index (χ4v) is 2.07. The Morgan fingerprint density at radius 3 is 1.93 bits per heavy atom. The quantitative estimate of drug-likeness (QED) is 0.689. The molecule has 0 saturated carbocycles. The lowest BCUT2D eigenvalue weighted by atomic mass is 10.1. The molecule has 1 aliphatic rings. The van der Waals surface area contributed by atoms with Crippen molar-refractivity contribution < 1.29 is 0 Å². The zero-order valence-electron chi connectivity index (χ0n) is 14.7. The molecule has 0 bridgehead atoms. The van der Waals surface area contributed by atoms with Crippen LogP contribution in [0.1, 0.15) is 22.3 Å². The van der Waals surface area contributed by atoms with E-state index in [9.17, 15) is 0 Å². The number of rotatable bonds is 3. The third-order valence-corrected chi connectivity index (χ3v) is 3.49. The first-order chi connectivity index (χ1) is 12.7. The highest BCUT2D eigenvalue weighted by molar-refractivity contribution is 8.93. The van der Waals surface area contributed by atoms with E-state index in [-0.39, 0.29) is 17.0 Å². The van der Waals surface area contributed by atoms with Crippen LogP contribution in [-0.4, -0.2) is 17.4 Å². The third kappa shape index (κ3) is 7.60. The molecule has 0 aromatic heterocycles. The average molecular weight is 421 g/mol. The summed E-state index contributed by atoms with van der Waals surface area (Å²) in [5.74, 6) is 0. The van der Waals surface area contributed by atoms with Crippen molar-refractivity contribution in [2.24, 2.45) is 10.1 Å². The van der Waals surface area contributed by atoms with Gasteiger partial charge in [0, 0.05) is 18.6 Å². The first-order valence-electron chi connectivity index (χ1n) is 8.01. The molecule has 134 valence electrons. The van der Waals surface area contributed by atoms with Gasteiger partial charge in [-0.3, -0.25) is 10.0 Å². The van der Waals surface area contributed by atoms with Gasteiger partial charge in [-0.15, -0.1) is 17.0 Å². The average Bonchev–Trinajstić information content (AvgIpc) is 2.98. The number of halogens is 1. The Labute approximate surface area is 170 Å². The van der Waals surface area contributed by atoms with E-state index in [0.29, 0.717) is 17.7 Å². The van der Waals surface area contributed by atoms with Crippen molar-refractivity contribution >= 4 is 29.4 Å². The number of nitrogens with zero attached hydrogens (tertiary/aromatic N) is 5. The topological polar surface area (TPSA) is 75.5 Å². The van der Waals surface area contributed by atoms with Crippen LogP contribution in [0.15, 0.2) is 71.0 Å². The summed E-state index contributed by atoms with van der Waals surface area (Å²) in [4.78, 5) is 3.95. The summed E-state index contributed by atoms with van der Waals surface area (Å²) in [6, 6.07) is 19.1. The lowest BCUT2D eigenvalue weighted by Gasteiger charge is -2.12. The summed E-state index contributed by atoms with van der Waals surface area (Å²) in [6.07, 6.45) is 7.56. The fraction of sp³-hybridized carbons (Fsp3) is 0.0952. The Morgan fingerprint density at radius 1 is 0.852 bits per heavy atom. The highest BCUT2D eigenvalue weighted by Crippen LogP contribution is 2.08. The minimum atomic E-state index is 0. The molecule has 2 aromatic rings. The number of hydrogen-bond acceptors (Lipinski definition) is 5. The molecule has 27 heavy (non-hydrogen) atoms. The van der Waals surface area contributed by atoms with Crippen molar-refractivity contribution in [1.29, 1.82) is 10.5 Å². The zero-order chi connectivity index (χ0) is 18.6. The van der Waals surface area contributed by atoms with Gasteiger partial charge in [0.1, 0.15) is 6.42 Å². The minimum Gasteiger partial charge on any atom is -0.267 e. The molecular weight excluding hydrogens is 402 g/mol. The monoisotopic (exact) mass is 420 g/mol. The van der Waals surface area contributed by atoms with Crippen LogP contribution < -0.4 is 0 Å². The number of benzene rings is 2. The second-order valence-corrected chi connectivity index (χ2v) is 5.33. The van der Waals surface area contributed by atoms with E-state index >= 15 is 0 Å². The molecule has 1 heterocycles.